The lowest BCUT2D eigenvalue weighted by Crippen LogP contribution is -2.14. The van der Waals surface area contributed by atoms with Crippen LogP contribution >= 0.6 is 23.2 Å². The molecule has 0 bridgehead atoms. The Bertz CT molecular complexity index is 866. The van der Waals surface area contributed by atoms with Crippen LogP contribution < -0.4 is 9.46 Å². The molecule has 0 aliphatic carbocycles. The van der Waals surface area contributed by atoms with E-state index in [-0.39, 0.29) is 32.2 Å². The molecule has 0 saturated carbocycles. The maximum atomic E-state index is 12.5. The van der Waals surface area contributed by atoms with Gasteiger partial charge < -0.3 is 4.74 Å². The van der Waals surface area contributed by atoms with E-state index in [0.717, 1.165) is 0 Å². The SMILES string of the molecule is COc1ccc(S(=O)(=O)Nc2cccc(C(C)=O)c2)c(Cl)c1Cl. The van der Waals surface area contributed by atoms with Gasteiger partial charge in [0.1, 0.15) is 15.7 Å². The van der Waals surface area contributed by atoms with Gasteiger partial charge in [0.05, 0.1) is 12.1 Å². The predicted molar refractivity (Wildman–Crippen MR) is 90.3 cm³/mol. The molecule has 122 valence electrons. The number of sulfonamides is 1. The number of ether oxygens (including phenoxy) is 1. The van der Waals surface area contributed by atoms with Crippen LogP contribution in [0.15, 0.2) is 41.3 Å². The third-order valence-electron chi connectivity index (χ3n) is 3.04. The Morgan fingerprint density at radius 3 is 2.43 bits per heavy atom. The highest BCUT2D eigenvalue weighted by atomic mass is 35.5. The summed E-state index contributed by atoms with van der Waals surface area (Å²) in [4.78, 5) is 11.2. The monoisotopic (exact) mass is 373 g/mol. The van der Waals surface area contributed by atoms with Gasteiger partial charge in [0.15, 0.2) is 5.78 Å². The van der Waals surface area contributed by atoms with Crippen LogP contribution in [0, 0.1) is 0 Å². The zero-order valence-corrected chi connectivity index (χ0v) is 14.6. The van der Waals surface area contributed by atoms with E-state index in [2.05, 4.69) is 4.72 Å². The number of hydrogen-bond acceptors (Lipinski definition) is 4. The number of Topliss-reactive ketones (excluding diaryl/α,β-unsaturated/α-hetero) is 1. The van der Waals surface area contributed by atoms with Gasteiger partial charge in [-0.15, -0.1) is 0 Å². The van der Waals surface area contributed by atoms with Crippen LogP contribution in [-0.4, -0.2) is 21.3 Å². The summed E-state index contributed by atoms with van der Waals surface area (Å²) >= 11 is 12.0. The first-order valence-corrected chi connectivity index (χ1v) is 8.66. The zero-order chi connectivity index (χ0) is 17.2. The van der Waals surface area contributed by atoms with Crippen LogP contribution in [0.3, 0.4) is 0 Å². The van der Waals surface area contributed by atoms with Gasteiger partial charge in [-0.2, -0.15) is 0 Å². The lowest BCUT2D eigenvalue weighted by molar-refractivity contribution is 0.101. The fourth-order valence-corrected chi connectivity index (χ4v) is 3.78. The fourth-order valence-electron chi connectivity index (χ4n) is 1.89. The average Bonchev–Trinajstić information content (AvgIpc) is 2.49. The normalized spacial score (nSPS) is 11.1. The Labute approximate surface area is 144 Å². The number of methoxy groups -OCH3 is 1. The number of hydrogen-bond donors (Lipinski definition) is 1. The first-order chi connectivity index (χ1) is 10.8. The number of ketones is 1. The fraction of sp³-hybridized carbons (Fsp3) is 0.133. The number of carbonyl (C=O) groups is 1. The quantitative estimate of drug-likeness (QED) is 0.803. The number of rotatable bonds is 5. The molecule has 0 aliphatic rings. The molecule has 0 aromatic heterocycles. The largest absolute Gasteiger partial charge is 0.495 e. The Kier molecular flexibility index (Phi) is 5.19. The molecule has 0 heterocycles. The lowest BCUT2D eigenvalue weighted by atomic mass is 10.1. The highest BCUT2D eigenvalue weighted by molar-refractivity contribution is 7.92. The minimum atomic E-state index is -3.97. The van der Waals surface area contributed by atoms with Crippen molar-refractivity contribution in [2.45, 2.75) is 11.8 Å². The van der Waals surface area contributed by atoms with Crippen molar-refractivity contribution in [2.75, 3.05) is 11.8 Å². The van der Waals surface area contributed by atoms with Crippen LogP contribution in [0.1, 0.15) is 17.3 Å². The second-order valence-corrected chi connectivity index (χ2v) is 7.04. The molecule has 23 heavy (non-hydrogen) atoms. The number of carbonyl (C=O) groups excluding carboxylic acids is 1. The molecule has 2 aromatic carbocycles. The molecule has 2 aromatic rings. The molecule has 1 N–H and O–H groups in total. The average molecular weight is 374 g/mol. The summed E-state index contributed by atoms with van der Waals surface area (Å²) < 4.78 is 32.3. The predicted octanol–water partition coefficient (Wildman–Crippen LogP) is 4.01. The third-order valence-corrected chi connectivity index (χ3v) is 5.44. The van der Waals surface area contributed by atoms with Gasteiger partial charge >= 0.3 is 0 Å². The van der Waals surface area contributed by atoms with Crippen molar-refractivity contribution in [3.8, 4) is 5.75 Å². The van der Waals surface area contributed by atoms with E-state index in [0.29, 0.717) is 5.56 Å². The number of nitrogens with one attached hydrogen (secondary N) is 1. The van der Waals surface area contributed by atoms with E-state index in [1.54, 1.807) is 12.1 Å². The Morgan fingerprint density at radius 1 is 1.13 bits per heavy atom. The molecule has 0 aliphatic heterocycles. The molecule has 0 atom stereocenters. The molecule has 0 fully saturated rings. The molecule has 0 spiro atoms. The lowest BCUT2D eigenvalue weighted by Gasteiger charge is -2.12. The maximum absolute atomic E-state index is 12.5. The summed E-state index contributed by atoms with van der Waals surface area (Å²) in [6.45, 7) is 1.40. The van der Waals surface area contributed by atoms with E-state index in [1.165, 1.54) is 38.3 Å². The molecule has 2 rings (SSSR count). The van der Waals surface area contributed by atoms with Crippen molar-refractivity contribution in [3.05, 3.63) is 52.0 Å². The molecule has 5 nitrogen and oxygen atoms in total. The Morgan fingerprint density at radius 2 is 1.83 bits per heavy atom. The minimum absolute atomic E-state index is 0.00882. The van der Waals surface area contributed by atoms with Gasteiger partial charge in [-0.05, 0) is 31.2 Å². The van der Waals surface area contributed by atoms with Gasteiger partial charge in [-0.1, -0.05) is 35.3 Å². The Balaban J connectivity index is 2.42. The number of anilines is 1. The molecular formula is C15H13Cl2NO4S. The minimum Gasteiger partial charge on any atom is -0.495 e. The van der Waals surface area contributed by atoms with E-state index < -0.39 is 10.0 Å². The summed E-state index contributed by atoms with van der Waals surface area (Å²) in [5.41, 5.74) is 0.643. The molecule has 0 unspecified atom stereocenters. The molecule has 0 radical (unpaired) electrons. The van der Waals surface area contributed by atoms with E-state index in [1.807, 2.05) is 0 Å². The number of benzene rings is 2. The zero-order valence-electron chi connectivity index (χ0n) is 12.3. The van der Waals surface area contributed by atoms with E-state index >= 15 is 0 Å². The van der Waals surface area contributed by atoms with Gasteiger partial charge in [0, 0.05) is 11.3 Å². The van der Waals surface area contributed by atoms with Crippen molar-refractivity contribution in [1.82, 2.24) is 0 Å². The highest BCUT2D eigenvalue weighted by Gasteiger charge is 2.22. The molecule has 0 amide bonds. The number of halogens is 2. The molecular weight excluding hydrogens is 361 g/mol. The van der Waals surface area contributed by atoms with Crippen LogP contribution in [0.25, 0.3) is 0 Å². The van der Waals surface area contributed by atoms with E-state index in [4.69, 9.17) is 27.9 Å². The summed E-state index contributed by atoms with van der Waals surface area (Å²) in [6, 6.07) is 8.86. The molecule has 0 saturated heterocycles. The summed E-state index contributed by atoms with van der Waals surface area (Å²) in [7, 11) is -2.57. The smallest absolute Gasteiger partial charge is 0.263 e. The van der Waals surface area contributed by atoms with Gasteiger partial charge in [-0.25, -0.2) is 8.42 Å². The van der Waals surface area contributed by atoms with Gasteiger partial charge in [0.2, 0.25) is 0 Å². The highest BCUT2D eigenvalue weighted by Crippen LogP contribution is 2.37. The summed E-state index contributed by atoms with van der Waals surface area (Å²) in [6.07, 6.45) is 0. The first kappa shape index (κ1) is 17.6. The van der Waals surface area contributed by atoms with Crippen molar-refractivity contribution >= 4 is 44.7 Å². The molecule has 8 heteroatoms. The van der Waals surface area contributed by atoms with Crippen molar-refractivity contribution in [3.63, 3.8) is 0 Å². The van der Waals surface area contributed by atoms with Crippen molar-refractivity contribution in [2.24, 2.45) is 0 Å². The second-order valence-electron chi connectivity index (χ2n) is 4.64. The van der Waals surface area contributed by atoms with Gasteiger partial charge in [0.25, 0.3) is 10.0 Å². The maximum Gasteiger partial charge on any atom is 0.263 e. The second kappa shape index (κ2) is 6.78. The van der Waals surface area contributed by atoms with Crippen LogP contribution in [0.5, 0.6) is 5.75 Å². The first-order valence-electron chi connectivity index (χ1n) is 6.42. The Hall–Kier alpha value is -1.76. The van der Waals surface area contributed by atoms with Crippen molar-refractivity contribution in [1.29, 1.82) is 0 Å². The summed E-state index contributed by atoms with van der Waals surface area (Å²) in [5.74, 6) is 0.103. The summed E-state index contributed by atoms with van der Waals surface area (Å²) in [5, 5.41) is -0.129. The topological polar surface area (TPSA) is 72.5 Å². The standard InChI is InChI=1S/C15H13Cl2NO4S/c1-9(19)10-4-3-5-11(8-10)18-23(20,21)13-7-6-12(22-2)14(16)15(13)17/h3-8,18H,1-2H3. The van der Waals surface area contributed by atoms with Crippen LogP contribution in [0.2, 0.25) is 10.0 Å². The van der Waals surface area contributed by atoms with Gasteiger partial charge in [-0.3, -0.25) is 9.52 Å². The van der Waals surface area contributed by atoms with E-state index in [9.17, 15) is 13.2 Å². The van der Waals surface area contributed by atoms with Crippen LogP contribution in [0.4, 0.5) is 5.69 Å². The van der Waals surface area contributed by atoms with Crippen LogP contribution in [-0.2, 0) is 10.0 Å². The van der Waals surface area contributed by atoms with Crippen molar-refractivity contribution < 1.29 is 17.9 Å². The third kappa shape index (κ3) is 3.77.